The predicted molar refractivity (Wildman–Crippen MR) is 118 cm³/mol. The van der Waals surface area contributed by atoms with Crippen LogP contribution in [0.4, 0.5) is 4.39 Å². The topological polar surface area (TPSA) is 80.2 Å². The number of rotatable bonds is 7. The number of piperidine rings is 1. The molecule has 1 aliphatic rings. The normalized spacial score (nSPS) is 14.5. The average Bonchev–Trinajstić information content (AvgIpc) is 3.19. The molecule has 1 aromatic heterocycles. The van der Waals surface area contributed by atoms with Gasteiger partial charge in [-0.15, -0.1) is 0 Å². The first kappa shape index (κ1) is 21.8. The van der Waals surface area contributed by atoms with Crippen LogP contribution in [0, 0.1) is 5.82 Å². The number of hydrogen-bond acceptors (Lipinski definition) is 4. The predicted octanol–water partition coefficient (Wildman–Crippen LogP) is 3.11. The first-order valence-corrected chi connectivity index (χ1v) is 10.8. The Kier molecular flexibility index (Phi) is 6.68. The van der Waals surface area contributed by atoms with Crippen LogP contribution in [0.25, 0.3) is 0 Å². The molecule has 1 aliphatic heterocycles. The van der Waals surface area contributed by atoms with Gasteiger partial charge in [-0.25, -0.2) is 14.3 Å². The summed E-state index contributed by atoms with van der Waals surface area (Å²) in [5, 5.41) is 6.79. The molecule has 1 saturated heterocycles. The Balaban J connectivity index is 1.34. The highest BCUT2D eigenvalue weighted by Gasteiger charge is 2.27. The largest absolute Gasteiger partial charge is 0.497 e. The van der Waals surface area contributed by atoms with Crippen LogP contribution in [-0.4, -0.2) is 45.8 Å². The van der Waals surface area contributed by atoms with Crippen LogP contribution in [0.3, 0.4) is 0 Å². The third kappa shape index (κ3) is 5.07. The molecule has 3 aromatic rings. The Bertz CT molecular complexity index is 1110. The lowest BCUT2D eigenvalue weighted by Gasteiger charge is -2.31. The molecule has 2 aromatic carbocycles. The van der Waals surface area contributed by atoms with Gasteiger partial charge in [0, 0.05) is 25.4 Å². The number of ether oxygens (including phenoxy) is 1. The molecule has 8 heteroatoms. The van der Waals surface area contributed by atoms with E-state index in [1.807, 2.05) is 29.2 Å². The van der Waals surface area contributed by atoms with Gasteiger partial charge in [0.2, 0.25) is 5.91 Å². The number of likely N-dealkylation sites (tertiary alicyclic amines) is 1. The van der Waals surface area contributed by atoms with Crippen molar-refractivity contribution < 1.29 is 13.9 Å². The SMILES string of the molecule is COc1cccc(CCC(=O)N2CCC(c3n[nH]c(=O)n3Cc3ccc(F)cc3)CC2)c1. The molecule has 0 bridgehead atoms. The fourth-order valence-electron chi connectivity index (χ4n) is 4.19. The van der Waals surface area contributed by atoms with Crippen molar-refractivity contribution in [1.29, 1.82) is 0 Å². The Labute approximate surface area is 185 Å². The van der Waals surface area contributed by atoms with Gasteiger partial charge in [-0.1, -0.05) is 24.3 Å². The number of aromatic amines is 1. The van der Waals surface area contributed by atoms with Gasteiger partial charge in [0.1, 0.15) is 17.4 Å². The number of methoxy groups -OCH3 is 1. The summed E-state index contributed by atoms with van der Waals surface area (Å²) in [5.74, 6) is 1.41. The van der Waals surface area contributed by atoms with E-state index in [0.717, 1.165) is 29.7 Å². The van der Waals surface area contributed by atoms with E-state index in [1.54, 1.807) is 23.8 Å². The third-order valence-electron chi connectivity index (χ3n) is 6.02. The molecule has 0 aliphatic carbocycles. The van der Waals surface area contributed by atoms with E-state index in [2.05, 4.69) is 10.2 Å². The third-order valence-corrected chi connectivity index (χ3v) is 6.02. The van der Waals surface area contributed by atoms with Crippen LogP contribution in [0.2, 0.25) is 0 Å². The van der Waals surface area contributed by atoms with Crippen LogP contribution in [0.1, 0.15) is 42.1 Å². The van der Waals surface area contributed by atoms with Crippen LogP contribution < -0.4 is 10.4 Å². The molecule has 2 heterocycles. The highest BCUT2D eigenvalue weighted by Crippen LogP contribution is 2.27. The molecule has 168 valence electrons. The fraction of sp³-hybridized carbons (Fsp3) is 0.375. The number of carbonyl (C=O) groups excluding carboxylic acids is 1. The van der Waals surface area contributed by atoms with Crippen molar-refractivity contribution in [2.75, 3.05) is 20.2 Å². The second-order valence-corrected chi connectivity index (χ2v) is 8.11. The number of aryl methyl sites for hydroxylation is 1. The van der Waals surface area contributed by atoms with Crippen molar-refractivity contribution in [3.8, 4) is 5.75 Å². The molecule has 0 radical (unpaired) electrons. The molecule has 1 fully saturated rings. The molecule has 0 saturated carbocycles. The summed E-state index contributed by atoms with van der Waals surface area (Å²) in [5.41, 5.74) is 1.64. The summed E-state index contributed by atoms with van der Waals surface area (Å²) in [6.07, 6.45) is 2.62. The van der Waals surface area contributed by atoms with Crippen LogP contribution in [0.5, 0.6) is 5.75 Å². The van der Waals surface area contributed by atoms with Crippen molar-refractivity contribution in [2.45, 2.75) is 38.1 Å². The first-order valence-electron chi connectivity index (χ1n) is 10.8. The van der Waals surface area contributed by atoms with Gasteiger partial charge in [0.25, 0.3) is 0 Å². The zero-order chi connectivity index (χ0) is 22.5. The number of carbonyl (C=O) groups is 1. The van der Waals surface area contributed by atoms with Gasteiger partial charge >= 0.3 is 5.69 Å². The standard InChI is InChI=1S/C24H27FN4O3/c1-32-21-4-2-3-17(15-21)7-10-22(30)28-13-11-19(12-14-28)23-26-27-24(31)29(23)16-18-5-8-20(25)9-6-18/h2-6,8-9,15,19H,7,10-14,16H2,1H3,(H,27,31). The number of benzene rings is 2. The highest BCUT2D eigenvalue weighted by atomic mass is 19.1. The number of halogens is 1. The van der Waals surface area contributed by atoms with E-state index in [0.29, 0.717) is 38.3 Å². The maximum Gasteiger partial charge on any atom is 0.343 e. The summed E-state index contributed by atoms with van der Waals surface area (Å²) in [6.45, 7) is 1.61. The Morgan fingerprint density at radius 1 is 1.16 bits per heavy atom. The number of aromatic nitrogens is 3. The van der Waals surface area contributed by atoms with Crippen molar-refractivity contribution in [3.05, 3.63) is 81.8 Å². The summed E-state index contributed by atoms with van der Waals surface area (Å²) in [7, 11) is 1.63. The summed E-state index contributed by atoms with van der Waals surface area (Å²) in [6, 6.07) is 13.9. The van der Waals surface area contributed by atoms with Crippen LogP contribution in [0.15, 0.2) is 53.3 Å². The van der Waals surface area contributed by atoms with Crippen molar-refractivity contribution in [2.24, 2.45) is 0 Å². The monoisotopic (exact) mass is 438 g/mol. The van der Waals surface area contributed by atoms with Crippen molar-refractivity contribution >= 4 is 5.91 Å². The van der Waals surface area contributed by atoms with E-state index >= 15 is 0 Å². The minimum atomic E-state index is -0.308. The van der Waals surface area contributed by atoms with Gasteiger partial charge < -0.3 is 9.64 Å². The molecule has 1 N–H and O–H groups in total. The number of nitrogens with zero attached hydrogens (tertiary/aromatic N) is 3. The smallest absolute Gasteiger partial charge is 0.343 e. The lowest BCUT2D eigenvalue weighted by atomic mass is 9.95. The zero-order valence-corrected chi connectivity index (χ0v) is 18.1. The van der Waals surface area contributed by atoms with E-state index < -0.39 is 0 Å². The lowest BCUT2D eigenvalue weighted by molar-refractivity contribution is -0.132. The quantitative estimate of drug-likeness (QED) is 0.615. The molecule has 1 amide bonds. The van der Waals surface area contributed by atoms with Gasteiger partial charge in [0.15, 0.2) is 0 Å². The second-order valence-electron chi connectivity index (χ2n) is 8.11. The van der Waals surface area contributed by atoms with Gasteiger partial charge in [-0.3, -0.25) is 9.36 Å². The van der Waals surface area contributed by atoms with Gasteiger partial charge in [0.05, 0.1) is 13.7 Å². The molecule has 0 spiro atoms. The fourth-order valence-corrected chi connectivity index (χ4v) is 4.19. The van der Waals surface area contributed by atoms with E-state index in [-0.39, 0.29) is 23.3 Å². The summed E-state index contributed by atoms with van der Waals surface area (Å²) in [4.78, 5) is 26.9. The number of H-pyrrole nitrogens is 1. The maximum atomic E-state index is 13.2. The van der Waals surface area contributed by atoms with Crippen LogP contribution in [-0.2, 0) is 17.8 Å². The Morgan fingerprint density at radius 3 is 2.62 bits per heavy atom. The first-order chi connectivity index (χ1) is 15.5. The number of nitrogens with one attached hydrogen (secondary N) is 1. The van der Waals surface area contributed by atoms with E-state index in [4.69, 9.17) is 4.74 Å². The molecule has 4 rings (SSSR count). The molecule has 7 nitrogen and oxygen atoms in total. The molecular formula is C24H27FN4O3. The number of amides is 1. The highest BCUT2D eigenvalue weighted by molar-refractivity contribution is 5.76. The minimum Gasteiger partial charge on any atom is -0.497 e. The molecular weight excluding hydrogens is 411 g/mol. The number of hydrogen-bond donors (Lipinski definition) is 1. The summed E-state index contributed by atoms with van der Waals surface area (Å²) < 4.78 is 20.0. The minimum absolute atomic E-state index is 0.0943. The van der Waals surface area contributed by atoms with E-state index in [1.165, 1.54) is 12.1 Å². The van der Waals surface area contributed by atoms with Crippen molar-refractivity contribution in [1.82, 2.24) is 19.7 Å². The average molecular weight is 439 g/mol. The zero-order valence-electron chi connectivity index (χ0n) is 18.1. The Morgan fingerprint density at radius 2 is 1.91 bits per heavy atom. The molecule has 0 unspecified atom stereocenters. The molecule has 32 heavy (non-hydrogen) atoms. The lowest BCUT2D eigenvalue weighted by Crippen LogP contribution is -2.38. The maximum absolute atomic E-state index is 13.2. The van der Waals surface area contributed by atoms with E-state index in [9.17, 15) is 14.0 Å². The van der Waals surface area contributed by atoms with Gasteiger partial charge in [-0.05, 0) is 54.7 Å². The summed E-state index contributed by atoms with van der Waals surface area (Å²) >= 11 is 0. The molecule has 0 atom stereocenters. The van der Waals surface area contributed by atoms with Crippen LogP contribution >= 0.6 is 0 Å². The van der Waals surface area contributed by atoms with Gasteiger partial charge in [-0.2, -0.15) is 5.10 Å². The second kappa shape index (κ2) is 9.80. The Hall–Kier alpha value is -3.42. The van der Waals surface area contributed by atoms with Crippen molar-refractivity contribution in [3.63, 3.8) is 0 Å².